The Kier molecular flexibility index (Phi) is 3.73. The number of carbonyl (C=O) groups excluding carboxylic acids is 2. The summed E-state index contributed by atoms with van der Waals surface area (Å²) in [6, 6.07) is 5.60. The minimum Gasteiger partial charge on any atom is -0.382 e. The quantitative estimate of drug-likeness (QED) is 0.873. The SMILES string of the molecule is COC[C@@]1(C)NC(=O)N(Cc2ccc(F)c3cccnc23)C1=O. The maximum atomic E-state index is 13.8. The number of nitrogens with one attached hydrogen (secondary N) is 1. The summed E-state index contributed by atoms with van der Waals surface area (Å²) in [4.78, 5) is 29.9. The molecule has 0 saturated carbocycles. The Bertz CT molecular complexity index is 795. The number of pyridine rings is 1. The van der Waals surface area contributed by atoms with Crippen LogP contribution in [0.15, 0.2) is 30.5 Å². The van der Waals surface area contributed by atoms with Crippen LogP contribution < -0.4 is 5.32 Å². The van der Waals surface area contributed by atoms with E-state index in [1.807, 2.05) is 0 Å². The summed E-state index contributed by atoms with van der Waals surface area (Å²) in [5.41, 5.74) is -0.0460. The molecule has 0 bridgehead atoms. The molecule has 3 rings (SSSR count). The van der Waals surface area contributed by atoms with Gasteiger partial charge in [-0.05, 0) is 30.7 Å². The molecule has 1 aliphatic rings. The summed E-state index contributed by atoms with van der Waals surface area (Å²) in [7, 11) is 1.46. The molecule has 3 amide bonds. The third-order valence-corrected chi connectivity index (χ3v) is 3.91. The number of halogens is 1. The number of benzene rings is 1. The van der Waals surface area contributed by atoms with Crippen molar-refractivity contribution in [1.29, 1.82) is 0 Å². The van der Waals surface area contributed by atoms with Crippen LogP contribution in [0.5, 0.6) is 0 Å². The number of carbonyl (C=O) groups is 2. The molecular formula is C16H16FN3O3. The highest BCUT2D eigenvalue weighted by Gasteiger charge is 2.47. The van der Waals surface area contributed by atoms with Crippen molar-refractivity contribution in [3.63, 3.8) is 0 Å². The second kappa shape index (κ2) is 5.58. The van der Waals surface area contributed by atoms with Crippen LogP contribution in [-0.4, -0.2) is 41.1 Å². The lowest BCUT2D eigenvalue weighted by atomic mass is 10.0. The average Bonchev–Trinajstić information content (AvgIpc) is 2.73. The van der Waals surface area contributed by atoms with Gasteiger partial charge in [-0.2, -0.15) is 0 Å². The van der Waals surface area contributed by atoms with Gasteiger partial charge in [-0.1, -0.05) is 6.07 Å². The smallest absolute Gasteiger partial charge is 0.325 e. The Morgan fingerprint density at radius 3 is 2.87 bits per heavy atom. The molecule has 1 saturated heterocycles. The number of hydrogen-bond acceptors (Lipinski definition) is 4. The molecule has 7 heteroatoms. The van der Waals surface area contributed by atoms with E-state index >= 15 is 0 Å². The summed E-state index contributed by atoms with van der Waals surface area (Å²) in [5, 5.41) is 2.99. The second-order valence-electron chi connectivity index (χ2n) is 5.69. The topological polar surface area (TPSA) is 71.5 Å². The first kappa shape index (κ1) is 15.4. The lowest BCUT2D eigenvalue weighted by molar-refractivity contribution is -0.132. The van der Waals surface area contributed by atoms with Gasteiger partial charge in [0.2, 0.25) is 0 Å². The predicted molar refractivity (Wildman–Crippen MR) is 81.1 cm³/mol. The number of nitrogens with zero attached hydrogens (tertiary/aromatic N) is 2. The largest absolute Gasteiger partial charge is 0.382 e. The molecule has 2 aromatic rings. The van der Waals surface area contributed by atoms with Crippen molar-refractivity contribution in [2.24, 2.45) is 0 Å². The predicted octanol–water partition coefficient (Wildman–Crippen LogP) is 1.83. The fraction of sp³-hybridized carbons (Fsp3) is 0.312. The molecule has 1 N–H and O–H groups in total. The molecule has 120 valence electrons. The second-order valence-corrected chi connectivity index (χ2v) is 5.69. The van der Waals surface area contributed by atoms with Crippen molar-refractivity contribution >= 4 is 22.8 Å². The van der Waals surface area contributed by atoms with Gasteiger partial charge in [0.1, 0.15) is 11.4 Å². The van der Waals surface area contributed by atoms with E-state index < -0.39 is 17.4 Å². The number of aromatic nitrogens is 1. The van der Waals surface area contributed by atoms with Gasteiger partial charge in [0, 0.05) is 18.7 Å². The number of imide groups is 1. The first-order chi connectivity index (χ1) is 11.0. The molecule has 23 heavy (non-hydrogen) atoms. The van der Waals surface area contributed by atoms with E-state index in [0.717, 1.165) is 4.90 Å². The maximum absolute atomic E-state index is 13.8. The third kappa shape index (κ3) is 2.53. The molecular weight excluding hydrogens is 301 g/mol. The minimum atomic E-state index is -1.09. The highest BCUT2D eigenvalue weighted by atomic mass is 19.1. The van der Waals surface area contributed by atoms with Gasteiger partial charge < -0.3 is 10.1 Å². The molecule has 0 spiro atoms. The van der Waals surface area contributed by atoms with Crippen LogP contribution in [0, 0.1) is 5.82 Å². The van der Waals surface area contributed by atoms with Crippen LogP contribution in [0.1, 0.15) is 12.5 Å². The number of fused-ring (bicyclic) bond motifs is 1. The average molecular weight is 317 g/mol. The highest BCUT2D eigenvalue weighted by molar-refractivity contribution is 6.07. The molecule has 1 fully saturated rings. The normalized spacial score (nSPS) is 21.1. The van der Waals surface area contributed by atoms with E-state index in [1.165, 1.54) is 19.2 Å². The van der Waals surface area contributed by atoms with Crippen molar-refractivity contribution in [3.05, 3.63) is 41.8 Å². The van der Waals surface area contributed by atoms with Gasteiger partial charge in [-0.3, -0.25) is 14.7 Å². The van der Waals surface area contributed by atoms with E-state index in [-0.39, 0.29) is 19.1 Å². The molecule has 6 nitrogen and oxygen atoms in total. The molecule has 0 radical (unpaired) electrons. The van der Waals surface area contributed by atoms with Crippen molar-refractivity contribution in [3.8, 4) is 0 Å². The van der Waals surface area contributed by atoms with Gasteiger partial charge in [-0.25, -0.2) is 9.18 Å². The standard InChI is InChI=1S/C16H16FN3O3/c1-16(9-23-2)14(21)20(15(22)19-16)8-10-5-6-12(17)11-4-3-7-18-13(10)11/h3-7H,8-9H2,1-2H3,(H,19,22)/t16-/m1/s1. The summed E-state index contributed by atoms with van der Waals surface area (Å²) >= 11 is 0. The fourth-order valence-corrected chi connectivity index (χ4v) is 2.77. The van der Waals surface area contributed by atoms with Crippen molar-refractivity contribution < 1.29 is 18.7 Å². The van der Waals surface area contributed by atoms with Gasteiger partial charge in [0.25, 0.3) is 5.91 Å². The summed E-state index contributed by atoms with van der Waals surface area (Å²) in [6.07, 6.45) is 1.55. The molecule has 1 aromatic heterocycles. The highest BCUT2D eigenvalue weighted by Crippen LogP contribution is 2.24. The van der Waals surface area contributed by atoms with Crippen LogP contribution in [-0.2, 0) is 16.1 Å². The van der Waals surface area contributed by atoms with Gasteiger partial charge in [0.15, 0.2) is 0 Å². The van der Waals surface area contributed by atoms with Crippen LogP contribution in [0.3, 0.4) is 0 Å². The number of hydrogen-bond donors (Lipinski definition) is 1. The van der Waals surface area contributed by atoms with Gasteiger partial charge in [0.05, 0.1) is 18.7 Å². The van der Waals surface area contributed by atoms with E-state index in [1.54, 1.807) is 25.3 Å². The molecule has 1 atom stereocenters. The van der Waals surface area contributed by atoms with E-state index in [4.69, 9.17) is 4.74 Å². The molecule has 0 unspecified atom stereocenters. The van der Waals surface area contributed by atoms with Crippen molar-refractivity contribution in [1.82, 2.24) is 15.2 Å². The Hall–Kier alpha value is -2.54. The third-order valence-electron chi connectivity index (χ3n) is 3.91. The monoisotopic (exact) mass is 317 g/mol. The van der Waals surface area contributed by atoms with Gasteiger partial charge in [-0.15, -0.1) is 0 Å². The van der Waals surface area contributed by atoms with Crippen molar-refractivity contribution in [2.75, 3.05) is 13.7 Å². The zero-order valence-corrected chi connectivity index (χ0v) is 12.8. The summed E-state index contributed by atoms with van der Waals surface area (Å²) in [6.45, 7) is 1.71. The lowest BCUT2D eigenvalue weighted by Crippen LogP contribution is -2.47. The Labute approximate surface area is 132 Å². The molecule has 1 aromatic carbocycles. The Morgan fingerprint density at radius 2 is 2.13 bits per heavy atom. The number of amides is 3. The van der Waals surface area contributed by atoms with Crippen LogP contribution in [0.4, 0.5) is 9.18 Å². The number of ether oxygens (including phenoxy) is 1. The van der Waals surface area contributed by atoms with Crippen LogP contribution >= 0.6 is 0 Å². The van der Waals surface area contributed by atoms with E-state index in [9.17, 15) is 14.0 Å². The summed E-state index contributed by atoms with van der Waals surface area (Å²) < 4.78 is 18.8. The van der Waals surface area contributed by atoms with E-state index in [2.05, 4.69) is 10.3 Å². The number of urea groups is 1. The Morgan fingerprint density at radius 1 is 1.35 bits per heavy atom. The van der Waals surface area contributed by atoms with Crippen LogP contribution in [0.25, 0.3) is 10.9 Å². The fourth-order valence-electron chi connectivity index (χ4n) is 2.77. The lowest BCUT2D eigenvalue weighted by Gasteiger charge is -2.20. The molecule has 2 heterocycles. The first-order valence-corrected chi connectivity index (χ1v) is 7.11. The van der Waals surface area contributed by atoms with E-state index in [0.29, 0.717) is 16.5 Å². The Balaban J connectivity index is 1.95. The molecule has 0 aliphatic carbocycles. The van der Waals surface area contributed by atoms with Crippen LogP contribution in [0.2, 0.25) is 0 Å². The first-order valence-electron chi connectivity index (χ1n) is 7.11. The zero-order valence-electron chi connectivity index (χ0n) is 12.8. The maximum Gasteiger partial charge on any atom is 0.325 e. The zero-order chi connectivity index (χ0) is 16.6. The van der Waals surface area contributed by atoms with Gasteiger partial charge >= 0.3 is 6.03 Å². The molecule has 1 aliphatic heterocycles. The summed E-state index contributed by atoms with van der Waals surface area (Å²) in [5.74, 6) is -0.768. The number of methoxy groups -OCH3 is 1. The number of rotatable bonds is 4. The minimum absolute atomic E-state index is 0.0256. The van der Waals surface area contributed by atoms with Crippen molar-refractivity contribution in [2.45, 2.75) is 19.0 Å².